The Morgan fingerprint density at radius 2 is 2.00 bits per heavy atom. The normalized spacial score (nSPS) is 10.5. The summed E-state index contributed by atoms with van der Waals surface area (Å²) in [5.41, 5.74) is 2.87. The molecule has 0 saturated carbocycles. The number of aromatic nitrogens is 2. The average Bonchev–Trinajstić information content (AvgIpc) is 3.09. The molecule has 2 aromatic carbocycles. The number of nitrogens with one attached hydrogen (secondary N) is 2. The van der Waals surface area contributed by atoms with Crippen LogP contribution in [0.1, 0.15) is 11.1 Å². The van der Waals surface area contributed by atoms with Gasteiger partial charge in [0.25, 0.3) is 0 Å². The van der Waals surface area contributed by atoms with Crippen LogP contribution in [0.15, 0.2) is 52.9 Å². The van der Waals surface area contributed by atoms with Crippen LogP contribution >= 0.6 is 34.7 Å². The van der Waals surface area contributed by atoms with E-state index in [-0.39, 0.29) is 11.7 Å². The molecule has 0 aliphatic heterocycles. The van der Waals surface area contributed by atoms with Gasteiger partial charge in [-0.1, -0.05) is 65.0 Å². The second-order valence-corrected chi connectivity index (χ2v) is 8.14. The van der Waals surface area contributed by atoms with Crippen LogP contribution < -0.4 is 10.6 Å². The summed E-state index contributed by atoms with van der Waals surface area (Å²) in [6, 6.07) is 15.5. The number of halogens is 1. The summed E-state index contributed by atoms with van der Waals surface area (Å²) in [4.78, 5) is 12.1. The number of carbonyl (C=O) groups excluding carboxylic acids is 1. The molecule has 26 heavy (non-hydrogen) atoms. The number of rotatable bonds is 7. The molecule has 0 spiro atoms. The Morgan fingerprint density at radius 1 is 1.19 bits per heavy atom. The van der Waals surface area contributed by atoms with E-state index < -0.39 is 0 Å². The van der Waals surface area contributed by atoms with Crippen LogP contribution in [-0.4, -0.2) is 21.9 Å². The molecule has 2 N–H and O–H groups in total. The monoisotopic (exact) mass is 404 g/mol. The lowest BCUT2D eigenvalue weighted by atomic mass is 10.2. The van der Waals surface area contributed by atoms with E-state index in [4.69, 9.17) is 11.6 Å². The maximum Gasteiger partial charge on any atom is 0.234 e. The molecule has 8 heteroatoms. The summed E-state index contributed by atoms with van der Waals surface area (Å²) in [7, 11) is 0. The van der Waals surface area contributed by atoms with Gasteiger partial charge in [-0.15, -0.1) is 10.2 Å². The summed E-state index contributed by atoms with van der Waals surface area (Å²) >= 11 is 8.73. The van der Waals surface area contributed by atoms with Crippen LogP contribution in [0.5, 0.6) is 0 Å². The predicted octanol–water partition coefficient (Wildman–Crippen LogP) is 4.84. The summed E-state index contributed by atoms with van der Waals surface area (Å²) in [6.07, 6.45) is 0. The van der Waals surface area contributed by atoms with Crippen LogP contribution in [0.25, 0.3) is 0 Å². The van der Waals surface area contributed by atoms with Crippen molar-refractivity contribution in [3.8, 4) is 0 Å². The third-order valence-electron chi connectivity index (χ3n) is 3.48. The second-order valence-electron chi connectivity index (χ2n) is 5.51. The molecule has 1 aromatic heterocycles. The quantitative estimate of drug-likeness (QED) is 0.551. The van der Waals surface area contributed by atoms with Crippen molar-refractivity contribution in [2.45, 2.75) is 17.8 Å². The minimum absolute atomic E-state index is 0.0885. The van der Waals surface area contributed by atoms with E-state index in [2.05, 4.69) is 20.8 Å². The Bertz CT molecular complexity index is 886. The smallest absolute Gasteiger partial charge is 0.234 e. The molecule has 0 saturated heterocycles. The molecule has 1 amide bonds. The van der Waals surface area contributed by atoms with Gasteiger partial charge in [-0.3, -0.25) is 4.79 Å². The Morgan fingerprint density at radius 3 is 2.77 bits per heavy atom. The van der Waals surface area contributed by atoms with Gasteiger partial charge in [0.1, 0.15) is 0 Å². The number of benzene rings is 2. The number of hydrogen-bond acceptors (Lipinski definition) is 6. The van der Waals surface area contributed by atoms with Gasteiger partial charge in [-0.25, -0.2) is 0 Å². The first kappa shape index (κ1) is 18.7. The number of anilines is 2. The minimum Gasteiger partial charge on any atom is -0.356 e. The lowest BCUT2D eigenvalue weighted by molar-refractivity contribution is -0.113. The lowest BCUT2D eigenvalue weighted by Crippen LogP contribution is -2.14. The van der Waals surface area contributed by atoms with Crippen molar-refractivity contribution >= 4 is 51.4 Å². The maximum atomic E-state index is 12.1. The molecule has 0 aliphatic carbocycles. The van der Waals surface area contributed by atoms with Gasteiger partial charge in [0.2, 0.25) is 11.0 Å². The summed E-state index contributed by atoms with van der Waals surface area (Å²) < 4.78 is 0.753. The molecule has 5 nitrogen and oxygen atoms in total. The van der Waals surface area contributed by atoms with E-state index in [0.717, 1.165) is 20.7 Å². The van der Waals surface area contributed by atoms with E-state index in [1.807, 2.05) is 43.3 Å². The molecular formula is C18H17ClN4OS2. The molecule has 0 unspecified atom stereocenters. The molecule has 134 valence electrons. The number of thioether (sulfide) groups is 1. The van der Waals surface area contributed by atoms with Crippen LogP contribution in [-0.2, 0) is 11.3 Å². The molecule has 0 fully saturated rings. The van der Waals surface area contributed by atoms with E-state index in [0.29, 0.717) is 11.6 Å². The second kappa shape index (κ2) is 9.02. The summed E-state index contributed by atoms with van der Waals surface area (Å²) in [5, 5.41) is 15.7. The molecule has 3 aromatic rings. The Hall–Kier alpha value is -2.09. The first-order chi connectivity index (χ1) is 12.6. The topological polar surface area (TPSA) is 66.9 Å². The Kier molecular flexibility index (Phi) is 6.49. The van der Waals surface area contributed by atoms with Gasteiger partial charge < -0.3 is 10.6 Å². The van der Waals surface area contributed by atoms with Crippen molar-refractivity contribution < 1.29 is 4.79 Å². The van der Waals surface area contributed by atoms with Crippen molar-refractivity contribution in [1.29, 1.82) is 0 Å². The summed E-state index contributed by atoms with van der Waals surface area (Å²) in [5.74, 6) is 0.185. The van der Waals surface area contributed by atoms with Crippen molar-refractivity contribution in [2.24, 2.45) is 0 Å². The number of aryl methyl sites for hydroxylation is 1. The number of hydrogen-bond donors (Lipinski definition) is 2. The summed E-state index contributed by atoms with van der Waals surface area (Å²) in [6.45, 7) is 2.60. The predicted molar refractivity (Wildman–Crippen MR) is 109 cm³/mol. The number of carbonyl (C=O) groups is 1. The van der Waals surface area contributed by atoms with E-state index >= 15 is 0 Å². The minimum atomic E-state index is -0.0885. The Labute approximate surface area is 165 Å². The average molecular weight is 405 g/mol. The van der Waals surface area contributed by atoms with E-state index in [9.17, 15) is 4.79 Å². The van der Waals surface area contributed by atoms with Crippen molar-refractivity contribution in [3.63, 3.8) is 0 Å². The van der Waals surface area contributed by atoms with Crippen LogP contribution in [0.3, 0.4) is 0 Å². The fraction of sp³-hybridized carbons (Fsp3) is 0.167. The highest BCUT2D eigenvalue weighted by Crippen LogP contribution is 2.26. The highest BCUT2D eigenvalue weighted by Gasteiger charge is 2.09. The first-order valence-electron chi connectivity index (χ1n) is 7.90. The lowest BCUT2D eigenvalue weighted by Gasteiger charge is -2.07. The molecule has 0 aliphatic rings. The fourth-order valence-electron chi connectivity index (χ4n) is 2.19. The highest BCUT2D eigenvalue weighted by atomic mass is 35.5. The number of nitrogens with zero attached hydrogens (tertiary/aromatic N) is 2. The molecule has 3 rings (SSSR count). The van der Waals surface area contributed by atoms with E-state index in [1.165, 1.54) is 28.7 Å². The Balaban J connectivity index is 1.47. The standard InChI is InChI=1S/C18H17ClN4OS2/c1-12-9-14(19)7-8-15(12)21-16(24)11-25-18-23-22-17(26-18)20-10-13-5-3-2-4-6-13/h2-9H,10-11H2,1H3,(H,20,22)(H,21,24). The zero-order valence-electron chi connectivity index (χ0n) is 14.0. The van der Waals surface area contributed by atoms with Crippen molar-refractivity contribution in [3.05, 3.63) is 64.7 Å². The number of amides is 1. The zero-order valence-corrected chi connectivity index (χ0v) is 16.4. The van der Waals surface area contributed by atoms with Crippen molar-refractivity contribution in [1.82, 2.24) is 10.2 Å². The third-order valence-corrected chi connectivity index (χ3v) is 5.73. The molecule has 0 radical (unpaired) electrons. The van der Waals surface area contributed by atoms with Gasteiger partial charge in [0, 0.05) is 17.3 Å². The SMILES string of the molecule is Cc1cc(Cl)ccc1NC(=O)CSc1nnc(NCc2ccccc2)s1. The highest BCUT2D eigenvalue weighted by molar-refractivity contribution is 8.01. The molecule has 0 bridgehead atoms. The van der Waals surface area contributed by atoms with Crippen LogP contribution in [0, 0.1) is 6.92 Å². The van der Waals surface area contributed by atoms with Gasteiger partial charge in [0.05, 0.1) is 5.75 Å². The van der Waals surface area contributed by atoms with Crippen LogP contribution in [0.4, 0.5) is 10.8 Å². The fourth-order valence-corrected chi connectivity index (χ4v) is 3.97. The maximum absolute atomic E-state index is 12.1. The zero-order chi connectivity index (χ0) is 18.4. The molecule has 0 atom stereocenters. The third kappa shape index (κ3) is 5.45. The first-order valence-corrected chi connectivity index (χ1v) is 10.1. The largest absolute Gasteiger partial charge is 0.356 e. The van der Waals surface area contributed by atoms with Crippen LogP contribution in [0.2, 0.25) is 5.02 Å². The molecule has 1 heterocycles. The van der Waals surface area contributed by atoms with Gasteiger partial charge in [-0.2, -0.15) is 0 Å². The van der Waals surface area contributed by atoms with Gasteiger partial charge in [-0.05, 0) is 36.2 Å². The van der Waals surface area contributed by atoms with E-state index in [1.54, 1.807) is 12.1 Å². The molecular weight excluding hydrogens is 388 g/mol. The van der Waals surface area contributed by atoms with Crippen molar-refractivity contribution in [2.75, 3.05) is 16.4 Å². The van der Waals surface area contributed by atoms with Gasteiger partial charge >= 0.3 is 0 Å². The van der Waals surface area contributed by atoms with Gasteiger partial charge in [0.15, 0.2) is 4.34 Å².